The summed E-state index contributed by atoms with van der Waals surface area (Å²) in [5.74, 6) is -0.145. The summed E-state index contributed by atoms with van der Waals surface area (Å²) in [5, 5.41) is 3.21. The molecule has 0 aliphatic rings. The first-order valence-corrected chi connectivity index (χ1v) is 14.8. The number of carbonyl (C=O) groups excluding carboxylic acids is 2. The summed E-state index contributed by atoms with van der Waals surface area (Å²) in [6, 6.07) is 22.7. The number of methoxy groups -OCH3 is 1. The topological polar surface area (TPSA) is 96.0 Å². The summed E-state index contributed by atoms with van der Waals surface area (Å²) in [7, 11) is -0.631. The maximum absolute atomic E-state index is 13.7. The number of likely N-dealkylation sites (N-methyl/N-ethyl adjacent to an activating group) is 1. The van der Waals surface area contributed by atoms with Gasteiger partial charge in [-0.2, -0.15) is 0 Å². The Bertz CT molecular complexity index is 1370. The van der Waals surface area contributed by atoms with Crippen LogP contribution in [0.25, 0.3) is 0 Å². The highest BCUT2D eigenvalue weighted by molar-refractivity contribution is 7.92. The summed E-state index contributed by atoms with van der Waals surface area (Å²) in [4.78, 5) is 28.3. The van der Waals surface area contributed by atoms with Crippen LogP contribution in [0.4, 0.5) is 5.69 Å². The van der Waals surface area contributed by atoms with Crippen LogP contribution in [0.1, 0.15) is 24.0 Å². The summed E-state index contributed by atoms with van der Waals surface area (Å²) in [6.07, 6.45) is 1.71. The van der Waals surface area contributed by atoms with Gasteiger partial charge in [-0.25, -0.2) is 8.42 Å². The molecular weight excluding hydrogens is 538 g/mol. The van der Waals surface area contributed by atoms with Gasteiger partial charge in [0.15, 0.2) is 0 Å². The van der Waals surface area contributed by atoms with E-state index in [1.54, 1.807) is 54.4 Å². The van der Waals surface area contributed by atoms with Crippen molar-refractivity contribution >= 4 is 39.1 Å². The predicted octanol–water partition coefficient (Wildman–Crippen LogP) is 4.28. The van der Waals surface area contributed by atoms with Crippen molar-refractivity contribution in [2.45, 2.75) is 31.8 Å². The number of ether oxygens (including phenoxy) is 1. The maximum atomic E-state index is 13.7. The predicted molar refractivity (Wildman–Crippen MR) is 154 cm³/mol. The molecule has 3 aromatic carbocycles. The molecule has 0 spiro atoms. The van der Waals surface area contributed by atoms with Crippen molar-refractivity contribution < 1.29 is 22.7 Å². The van der Waals surface area contributed by atoms with Crippen LogP contribution < -0.4 is 14.4 Å². The van der Waals surface area contributed by atoms with Gasteiger partial charge in [0.05, 0.1) is 19.1 Å². The second-order valence-electron chi connectivity index (χ2n) is 9.08. The molecule has 0 radical (unpaired) electrons. The molecule has 0 unspecified atom stereocenters. The third-order valence-corrected chi connectivity index (χ3v) is 7.68. The minimum atomic E-state index is -3.65. The van der Waals surface area contributed by atoms with E-state index in [1.807, 2.05) is 36.4 Å². The SMILES string of the molecule is CNC(=O)[C@@H](Cc1ccccc1)N(Cc1cccc(Cl)c1)C(=O)CCCN(c1ccccc1OC)S(C)(=O)=O. The summed E-state index contributed by atoms with van der Waals surface area (Å²) in [5.41, 5.74) is 2.09. The van der Waals surface area contributed by atoms with Gasteiger partial charge < -0.3 is 15.0 Å². The van der Waals surface area contributed by atoms with Crippen molar-refractivity contribution in [1.29, 1.82) is 0 Å². The molecule has 3 aromatic rings. The molecule has 208 valence electrons. The van der Waals surface area contributed by atoms with E-state index in [0.29, 0.717) is 22.9 Å². The molecule has 0 aliphatic carbocycles. The summed E-state index contributed by atoms with van der Waals surface area (Å²) < 4.78 is 31.9. The van der Waals surface area contributed by atoms with E-state index in [4.69, 9.17) is 16.3 Å². The zero-order valence-corrected chi connectivity index (χ0v) is 23.9. The lowest BCUT2D eigenvalue weighted by atomic mass is 10.0. The first kappa shape index (κ1) is 30.0. The quantitative estimate of drug-likeness (QED) is 0.330. The molecule has 10 heteroatoms. The Hall–Kier alpha value is -3.56. The Morgan fingerprint density at radius 2 is 1.64 bits per heavy atom. The van der Waals surface area contributed by atoms with E-state index < -0.39 is 16.1 Å². The number of hydrogen-bond acceptors (Lipinski definition) is 5. The fourth-order valence-corrected chi connectivity index (χ4v) is 5.55. The van der Waals surface area contributed by atoms with Crippen LogP contribution in [0, 0.1) is 0 Å². The average molecular weight is 572 g/mol. The molecule has 0 fully saturated rings. The average Bonchev–Trinajstić information content (AvgIpc) is 2.92. The molecule has 0 aliphatic heterocycles. The van der Waals surface area contributed by atoms with Crippen LogP contribution in [-0.4, -0.2) is 58.1 Å². The van der Waals surface area contributed by atoms with Crippen molar-refractivity contribution in [2.75, 3.05) is 31.3 Å². The highest BCUT2D eigenvalue weighted by atomic mass is 35.5. The summed E-state index contributed by atoms with van der Waals surface area (Å²) in [6.45, 7) is 0.242. The molecule has 0 saturated carbocycles. The fraction of sp³-hybridized carbons (Fsp3) is 0.310. The summed E-state index contributed by atoms with van der Waals surface area (Å²) >= 11 is 6.20. The number of anilines is 1. The normalized spacial score (nSPS) is 11.9. The van der Waals surface area contributed by atoms with E-state index in [2.05, 4.69) is 5.32 Å². The van der Waals surface area contributed by atoms with Crippen molar-refractivity contribution in [3.63, 3.8) is 0 Å². The molecule has 0 aromatic heterocycles. The Kier molecular flexibility index (Phi) is 10.8. The van der Waals surface area contributed by atoms with E-state index in [0.717, 1.165) is 17.4 Å². The second-order valence-corrected chi connectivity index (χ2v) is 11.4. The molecule has 1 atom stereocenters. The Morgan fingerprint density at radius 3 is 2.28 bits per heavy atom. The minimum Gasteiger partial charge on any atom is -0.495 e. The Balaban J connectivity index is 1.86. The number of carbonyl (C=O) groups is 2. The van der Waals surface area contributed by atoms with E-state index >= 15 is 0 Å². The van der Waals surface area contributed by atoms with Gasteiger partial charge in [-0.3, -0.25) is 13.9 Å². The number of hydrogen-bond donors (Lipinski definition) is 1. The van der Waals surface area contributed by atoms with Crippen LogP contribution in [0.15, 0.2) is 78.9 Å². The highest BCUT2D eigenvalue weighted by Gasteiger charge is 2.30. The molecule has 0 heterocycles. The van der Waals surface area contributed by atoms with E-state index in [1.165, 1.54) is 11.4 Å². The molecule has 3 rings (SSSR count). The van der Waals surface area contributed by atoms with Crippen molar-refractivity contribution in [3.05, 3.63) is 95.0 Å². The first-order chi connectivity index (χ1) is 18.6. The van der Waals surface area contributed by atoms with Gasteiger partial charge in [-0.1, -0.05) is 66.2 Å². The largest absolute Gasteiger partial charge is 0.495 e. The van der Waals surface area contributed by atoms with Gasteiger partial charge in [0.2, 0.25) is 21.8 Å². The standard InChI is InChI=1S/C29H34ClN3O5S/c1-31-29(35)26(20-22-11-5-4-6-12-22)32(21-23-13-9-14-24(30)19-23)28(34)17-10-18-33(39(3,36)37)25-15-7-8-16-27(25)38-2/h4-9,11-16,19,26H,10,17-18,20-21H2,1-3H3,(H,31,35)/t26-/m1/s1. The smallest absolute Gasteiger partial charge is 0.242 e. The van der Waals surface area contributed by atoms with Crippen LogP contribution >= 0.6 is 11.6 Å². The Labute approximate surface area is 235 Å². The number of amides is 2. The van der Waals surface area contributed by atoms with Gasteiger partial charge in [0, 0.05) is 38.0 Å². The lowest BCUT2D eigenvalue weighted by Gasteiger charge is -2.31. The van der Waals surface area contributed by atoms with Gasteiger partial charge >= 0.3 is 0 Å². The zero-order valence-electron chi connectivity index (χ0n) is 22.3. The van der Waals surface area contributed by atoms with Gasteiger partial charge in [-0.15, -0.1) is 0 Å². The third-order valence-electron chi connectivity index (χ3n) is 6.27. The van der Waals surface area contributed by atoms with Crippen LogP contribution in [-0.2, 0) is 32.6 Å². The van der Waals surface area contributed by atoms with Crippen LogP contribution in [0.3, 0.4) is 0 Å². The van der Waals surface area contributed by atoms with Gasteiger partial charge in [-0.05, 0) is 41.8 Å². The maximum Gasteiger partial charge on any atom is 0.242 e. The number of nitrogens with zero attached hydrogens (tertiary/aromatic N) is 2. The van der Waals surface area contributed by atoms with E-state index in [-0.39, 0.29) is 37.7 Å². The molecule has 0 bridgehead atoms. The Morgan fingerprint density at radius 1 is 0.974 bits per heavy atom. The number of para-hydroxylation sites is 2. The van der Waals surface area contributed by atoms with E-state index in [9.17, 15) is 18.0 Å². The molecule has 1 N–H and O–H groups in total. The molecule has 0 saturated heterocycles. The van der Waals surface area contributed by atoms with Crippen molar-refractivity contribution in [3.8, 4) is 5.75 Å². The van der Waals surface area contributed by atoms with Gasteiger partial charge in [0.1, 0.15) is 11.8 Å². The van der Waals surface area contributed by atoms with Gasteiger partial charge in [0.25, 0.3) is 0 Å². The number of halogens is 1. The number of rotatable bonds is 13. The molecule has 2 amide bonds. The fourth-order valence-electron chi connectivity index (χ4n) is 4.37. The highest BCUT2D eigenvalue weighted by Crippen LogP contribution is 2.30. The number of sulfonamides is 1. The zero-order chi connectivity index (χ0) is 28.4. The lowest BCUT2D eigenvalue weighted by molar-refractivity contribution is -0.141. The molecule has 8 nitrogen and oxygen atoms in total. The van der Waals surface area contributed by atoms with Crippen molar-refractivity contribution in [1.82, 2.24) is 10.2 Å². The second kappa shape index (κ2) is 14.0. The lowest BCUT2D eigenvalue weighted by Crippen LogP contribution is -2.49. The third kappa shape index (κ3) is 8.46. The molecular formula is C29H34ClN3O5S. The molecule has 39 heavy (non-hydrogen) atoms. The van der Waals surface area contributed by atoms with Crippen LogP contribution in [0.2, 0.25) is 5.02 Å². The first-order valence-electron chi connectivity index (χ1n) is 12.5. The number of nitrogens with one attached hydrogen (secondary N) is 1. The van der Waals surface area contributed by atoms with Crippen LogP contribution in [0.5, 0.6) is 5.75 Å². The monoisotopic (exact) mass is 571 g/mol. The minimum absolute atomic E-state index is 0.0318. The number of benzene rings is 3. The van der Waals surface area contributed by atoms with Crippen molar-refractivity contribution in [2.24, 2.45) is 0 Å².